The van der Waals surface area contributed by atoms with E-state index in [1.165, 1.54) is 12.3 Å². The van der Waals surface area contributed by atoms with E-state index >= 15 is 0 Å². The molecule has 0 bridgehead atoms. The minimum Gasteiger partial charge on any atom is -0.342 e. The Morgan fingerprint density at radius 1 is 1.29 bits per heavy atom. The van der Waals surface area contributed by atoms with Crippen LogP contribution in [0.15, 0.2) is 23.1 Å². The molecule has 90 valence electrons. The number of carbonyl (C=O) groups excluding carboxylic acids is 2. The van der Waals surface area contributed by atoms with Crippen molar-refractivity contribution >= 4 is 12.3 Å². The van der Waals surface area contributed by atoms with Crippen LogP contribution in [0.3, 0.4) is 0 Å². The van der Waals surface area contributed by atoms with Gasteiger partial charge in [0.05, 0.1) is 0 Å². The van der Waals surface area contributed by atoms with Crippen LogP contribution in [0.25, 0.3) is 0 Å². The Kier molecular flexibility index (Phi) is 3.22. The van der Waals surface area contributed by atoms with Crippen LogP contribution in [0.2, 0.25) is 0 Å². The molecule has 6 heteroatoms. The van der Waals surface area contributed by atoms with Crippen LogP contribution in [0, 0.1) is 0 Å². The maximum Gasteiger partial charge on any atom is 0.260 e. The molecule has 0 saturated carbocycles. The summed E-state index contributed by atoms with van der Waals surface area (Å²) in [5.41, 5.74) is -0.234. The van der Waals surface area contributed by atoms with E-state index in [1.807, 2.05) is 0 Å². The zero-order valence-corrected chi connectivity index (χ0v) is 9.26. The fourth-order valence-corrected chi connectivity index (χ4v) is 1.79. The Morgan fingerprint density at radius 3 is 2.59 bits per heavy atom. The summed E-state index contributed by atoms with van der Waals surface area (Å²) in [6, 6.07) is 3.13. The SMILES string of the molecule is O=CN1CCN(C(=O)c2ccc[nH]c2=O)CC1. The van der Waals surface area contributed by atoms with E-state index in [-0.39, 0.29) is 17.0 Å². The van der Waals surface area contributed by atoms with E-state index in [9.17, 15) is 14.4 Å². The molecule has 0 radical (unpaired) electrons. The van der Waals surface area contributed by atoms with Gasteiger partial charge in [-0.3, -0.25) is 14.4 Å². The monoisotopic (exact) mass is 235 g/mol. The van der Waals surface area contributed by atoms with Crippen molar-refractivity contribution in [2.45, 2.75) is 0 Å². The Bertz CT molecular complexity index is 475. The van der Waals surface area contributed by atoms with Crippen LogP contribution < -0.4 is 5.56 Å². The lowest BCUT2D eigenvalue weighted by molar-refractivity contribution is -0.119. The van der Waals surface area contributed by atoms with Gasteiger partial charge in [-0.1, -0.05) is 0 Å². The summed E-state index contributed by atoms with van der Waals surface area (Å²) in [5, 5.41) is 0. The third-order valence-corrected chi connectivity index (χ3v) is 2.80. The van der Waals surface area contributed by atoms with Gasteiger partial charge in [-0.05, 0) is 12.1 Å². The van der Waals surface area contributed by atoms with Crippen LogP contribution in [-0.4, -0.2) is 53.3 Å². The van der Waals surface area contributed by atoms with Crippen molar-refractivity contribution < 1.29 is 9.59 Å². The summed E-state index contributed by atoms with van der Waals surface area (Å²) in [5.74, 6) is -0.280. The molecule has 0 atom stereocenters. The van der Waals surface area contributed by atoms with Crippen molar-refractivity contribution in [1.82, 2.24) is 14.8 Å². The number of nitrogens with one attached hydrogen (secondary N) is 1. The van der Waals surface area contributed by atoms with Crippen molar-refractivity contribution in [3.63, 3.8) is 0 Å². The van der Waals surface area contributed by atoms with Crippen molar-refractivity contribution in [2.24, 2.45) is 0 Å². The predicted molar refractivity (Wildman–Crippen MR) is 60.6 cm³/mol. The summed E-state index contributed by atoms with van der Waals surface area (Å²) < 4.78 is 0. The lowest BCUT2D eigenvalue weighted by Crippen LogP contribution is -2.49. The van der Waals surface area contributed by atoms with Crippen molar-refractivity contribution in [2.75, 3.05) is 26.2 Å². The highest BCUT2D eigenvalue weighted by Gasteiger charge is 2.22. The van der Waals surface area contributed by atoms with Gasteiger partial charge in [0, 0.05) is 32.4 Å². The number of amides is 2. The zero-order chi connectivity index (χ0) is 12.3. The molecule has 1 saturated heterocycles. The van der Waals surface area contributed by atoms with Crippen LogP contribution in [0.4, 0.5) is 0 Å². The molecule has 1 fully saturated rings. The maximum atomic E-state index is 12.0. The van der Waals surface area contributed by atoms with E-state index < -0.39 is 0 Å². The Balaban J connectivity index is 2.10. The molecule has 1 aromatic rings. The van der Waals surface area contributed by atoms with Gasteiger partial charge >= 0.3 is 0 Å². The highest BCUT2D eigenvalue weighted by molar-refractivity contribution is 5.93. The molecule has 1 aliphatic rings. The number of piperazine rings is 1. The average molecular weight is 235 g/mol. The molecule has 0 unspecified atom stereocenters. The van der Waals surface area contributed by atoms with E-state index in [0.29, 0.717) is 26.2 Å². The standard InChI is InChI=1S/C11H13N3O3/c15-8-13-4-6-14(7-5-13)11(17)9-2-1-3-12-10(9)16/h1-3,8H,4-7H2,(H,12,16). The second kappa shape index (κ2) is 4.82. The minimum atomic E-state index is -0.379. The van der Waals surface area contributed by atoms with E-state index in [2.05, 4.69) is 4.98 Å². The number of H-pyrrole nitrogens is 1. The molecular weight excluding hydrogens is 222 g/mol. The fraction of sp³-hybridized carbons (Fsp3) is 0.364. The number of hydrogen-bond acceptors (Lipinski definition) is 3. The van der Waals surface area contributed by atoms with E-state index in [0.717, 1.165) is 6.41 Å². The first kappa shape index (κ1) is 11.4. The molecule has 1 aromatic heterocycles. The highest BCUT2D eigenvalue weighted by atomic mass is 16.2. The number of hydrogen-bond donors (Lipinski definition) is 1. The van der Waals surface area contributed by atoms with E-state index in [1.54, 1.807) is 15.9 Å². The summed E-state index contributed by atoms with van der Waals surface area (Å²) in [7, 11) is 0. The first-order chi connectivity index (χ1) is 8.22. The van der Waals surface area contributed by atoms with Crippen molar-refractivity contribution in [3.05, 3.63) is 34.2 Å². The van der Waals surface area contributed by atoms with Gasteiger partial charge in [0.15, 0.2) is 0 Å². The highest BCUT2D eigenvalue weighted by Crippen LogP contribution is 2.04. The Morgan fingerprint density at radius 2 is 2.00 bits per heavy atom. The molecule has 1 N–H and O–H groups in total. The van der Waals surface area contributed by atoms with Gasteiger partial charge in [-0.2, -0.15) is 0 Å². The number of aromatic nitrogens is 1. The summed E-state index contributed by atoms with van der Waals surface area (Å²) in [4.78, 5) is 39.7. The quantitative estimate of drug-likeness (QED) is 0.688. The lowest BCUT2D eigenvalue weighted by atomic mass is 10.2. The number of rotatable bonds is 2. The lowest BCUT2D eigenvalue weighted by Gasteiger charge is -2.32. The molecule has 0 aromatic carbocycles. The zero-order valence-electron chi connectivity index (χ0n) is 9.26. The third-order valence-electron chi connectivity index (χ3n) is 2.80. The number of aromatic amines is 1. The molecule has 6 nitrogen and oxygen atoms in total. The molecular formula is C11H13N3O3. The van der Waals surface area contributed by atoms with Gasteiger partial charge in [-0.15, -0.1) is 0 Å². The van der Waals surface area contributed by atoms with Crippen molar-refractivity contribution in [3.8, 4) is 0 Å². The summed E-state index contributed by atoms with van der Waals surface area (Å²) >= 11 is 0. The number of pyridine rings is 1. The van der Waals surface area contributed by atoms with Gasteiger partial charge in [0.1, 0.15) is 5.56 Å². The first-order valence-electron chi connectivity index (χ1n) is 5.38. The average Bonchev–Trinajstić information content (AvgIpc) is 2.39. The summed E-state index contributed by atoms with van der Waals surface area (Å²) in [6.07, 6.45) is 2.26. The molecule has 2 heterocycles. The topological polar surface area (TPSA) is 73.5 Å². The predicted octanol–water partition coefficient (Wildman–Crippen LogP) is -0.711. The van der Waals surface area contributed by atoms with Crippen LogP contribution >= 0.6 is 0 Å². The van der Waals surface area contributed by atoms with Crippen LogP contribution in [0.1, 0.15) is 10.4 Å². The molecule has 2 rings (SSSR count). The van der Waals surface area contributed by atoms with Gasteiger partial charge in [0.2, 0.25) is 6.41 Å². The molecule has 17 heavy (non-hydrogen) atoms. The van der Waals surface area contributed by atoms with Crippen LogP contribution in [-0.2, 0) is 4.79 Å². The molecule has 0 spiro atoms. The van der Waals surface area contributed by atoms with Crippen molar-refractivity contribution in [1.29, 1.82) is 0 Å². The fourth-order valence-electron chi connectivity index (χ4n) is 1.79. The van der Waals surface area contributed by atoms with Gasteiger partial charge < -0.3 is 14.8 Å². The smallest absolute Gasteiger partial charge is 0.260 e. The summed E-state index contributed by atoms with van der Waals surface area (Å²) in [6.45, 7) is 1.96. The Labute approximate surface area is 97.8 Å². The molecule has 0 aliphatic carbocycles. The van der Waals surface area contributed by atoms with Crippen LogP contribution in [0.5, 0.6) is 0 Å². The molecule has 2 amide bonds. The minimum absolute atomic E-state index is 0.145. The second-order valence-corrected chi connectivity index (χ2v) is 3.85. The number of carbonyl (C=O) groups is 2. The normalized spacial score (nSPS) is 15.8. The maximum absolute atomic E-state index is 12.0. The first-order valence-corrected chi connectivity index (χ1v) is 5.38. The van der Waals surface area contributed by atoms with E-state index in [4.69, 9.17) is 0 Å². The van der Waals surface area contributed by atoms with Gasteiger partial charge in [-0.25, -0.2) is 0 Å². The molecule has 1 aliphatic heterocycles. The Hall–Kier alpha value is -2.11. The second-order valence-electron chi connectivity index (χ2n) is 3.85. The number of nitrogens with zero attached hydrogens (tertiary/aromatic N) is 2. The largest absolute Gasteiger partial charge is 0.342 e. The van der Waals surface area contributed by atoms with Gasteiger partial charge in [0.25, 0.3) is 11.5 Å². The third kappa shape index (κ3) is 2.35.